The zero-order valence-electron chi connectivity index (χ0n) is 11.3. The van der Waals surface area contributed by atoms with Crippen molar-refractivity contribution in [2.24, 2.45) is 0 Å². The summed E-state index contributed by atoms with van der Waals surface area (Å²) in [7, 11) is 0. The van der Waals surface area contributed by atoms with Gasteiger partial charge in [-0.3, -0.25) is 14.9 Å². The van der Waals surface area contributed by atoms with Crippen LogP contribution >= 0.6 is 22.9 Å². The Morgan fingerprint density at radius 1 is 1.29 bits per heavy atom. The Morgan fingerprint density at radius 3 is 2.71 bits per heavy atom. The molecule has 0 saturated carbocycles. The maximum Gasteiger partial charge on any atom is 0.445 e. The molecule has 2 aromatic heterocycles. The van der Waals surface area contributed by atoms with Crippen LogP contribution in [0.15, 0.2) is 33.5 Å². The summed E-state index contributed by atoms with van der Waals surface area (Å²) in [4.78, 5) is 24.0. The number of benzene rings is 1. The number of carbonyl (C=O) groups is 1. The molecule has 0 radical (unpaired) electrons. The summed E-state index contributed by atoms with van der Waals surface area (Å²) >= 11 is 6.06. The lowest BCUT2D eigenvalue weighted by molar-refractivity contribution is -0.138. The van der Waals surface area contributed by atoms with E-state index in [1.165, 1.54) is 12.1 Å². The summed E-state index contributed by atoms with van der Waals surface area (Å²) in [5, 5.41) is 6.95. The molecule has 0 aliphatic carbocycles. The summed E-state index contributed by atoms with van der Waals surface area (Å²) in [6.45, 7) is 0. The Balaban J connectivity index is 1.93. The Labute approximate surface area is 139 Å². The third-order valence-corrected chi connectivity index (χ3v) is 4.00. The van der Waals surface area contributed by atoms with Gasteiger partial charge in [-0.15, -0.1) is 10.2 Å². The number of carbonyl (C=O) groups excluding carboxylic acids is 1. The van der Waals surface area contributed by atoms with E-state index in [2.05, 4.69) is 15.5 Å². The van der Waals surface area contributed by atoms with Crippen LogP contribution in [0.2, 0.25) is 5.02 Å². The quantitative estimate of drug-likeness (QED) is 0.740. The van der Waals surface area contributed by atoms with E-state index in [9.17, 15) is 22.8 Å². The van der Waals surface area contributed by atoms with E-state index < -0.39 is 28.3 Å². The highest BCUT2D eigenvalue weighted by molar-refractivity contribution is 7.15. The standard InChI is InChI=1S/C13H5ClF3N3O3S/c14-6-3-1-2-5-7(21)4-8(23-9(5)6)10(22)18-12-20-19-11(24-12)13(15,16)17/h1-4H,(H,18,20,22). The lowest BCUT2D eigenvalue weighted by atomic mass is 10.2. The van der Waals surface area contributed by atoms with Crippen molar-refractivity contribution in [1.29, 1.82) is 0 Å². The number of anilines is 1. The zero-order valence-corrected chi connectivity index (χ0v) is 12.9. The topological polar surface area (TPSA) is 85.1 Å². The lowest BCUT2D eigenvalue weighted by Gasteiger charge is -2.03. The van der Waals surface area contributed by atoms with Crippen molar-refractivity contribution in [3.05, 3.63) is 50.3 Å². The molecule has 11 heteroatoms. The SMILES string of the molecule is O=C(Nc1nnc(C(F)(F)F)s1)c1cc(=O)c2cccc(Cl)c2o1. The molecule has 0 bridgehead atoms. The number of nitrogens with zero attached hydrogens (tertiary/aromatic N) is 2. The van der Waals surface area contributed by atoms with E-state index in [-0.39, 0.29) is 32.5 Å². The highest BCUT2D eigenvalue weighted by Gasteiger charge is 2.35. The van der Waals surface area contributed by atoms with Gasteiger partial charge in [-0.25, -0.2) is 0 Å². The first-order valence-corrected chi connectivity index (χ1v) is 7.39. The molecule has 1 amide bonds. The van der Waals surface area contributed by atoms with Gasteiger partial charge in [0.1, 0.15) is 0 Å². The van der Waals surface area contributed by atoms with Crippen LogP contribution in [-0.2, 0) is 6.18 Å². The summed E-state index contributed by atoms with van der Waals surface area (Å²) < 4.78 is 42.6. The normalized spacial score (nSPS) is 11.7. The van der Waals surface area contributed by atoms with Gasteiger partial charge in [0.05, 0.1) is 10.4 Å². The maximum absolute atomic E-state index is 12.5. The van der Waals surface area contributed by atoms with Crippen molar-refractivity contribution >= 4 is 44.9 Å². The highest BCUT2D eigenvalue weighted by atomic mass is 35.5. The van der Waals surface area contributed by atoms with Crippen molar-refractivity contribution in [3.63, 3.8) is 0 Å². The molecule has 0 aliphatic rings. The molecule has 6 nitrogen and oxygen atoms in total. The Bertz CT molecular complexity index is 999. The molecule has 0 saturated heterocycles. The van der Waals surface area contributed by atoms with Gasteiger partial charge in [-0.2, -0.15) is 13.2 Å². The minimum Gasteiger partial charge on any atom is -0.449 e. The Morgan fingerprint density at radius 2 is 2.04 bits per heavy atom. The number of halogens is 4. The van der Waals surface area contributed by atoms with E-state index in [0.717, 1.165) is 6.07 Å². The second-order valence-electron chi connectivity index (χ2n) is 4.46. The Hall–Kier alpha value is -2.46. The number of hydrogen-bond donors (Lipinski definition) is 1. The zero-order chi connectivity index (χ0) is 17.5. The molecular formula is C13H5ClF3N3O3S. The van der Waals surface area contributed by atoms with Gasteiger partial charge in [0.2, 0.25) is 10.1 Å². The Kier molecular flexibility index (Phi) is 4.01. The van der Waals surface area contributed by atoms with E-state index in [1.54, 1.807) is 6.07 Å². The monoisotopic (exact) mass is 375 g/mol. The summed E-state index contributed by atoms with van der Waals surface area (Å²) in [6, 6.07) is 5.39. The maximum atomic E-state index is 12.5. The van der Waals surface area contributed by atoms with Crippen LogP contribution in [0, 0.1) is 0 Å². The number of amides is 1. The number of nitrogens with one attached hydrogen (secondary N) is 1. The van der Waals surface area contributed by atoms with Crippen molar-refractivity contribution in [2.75, 3.05) is 5.32 Å². The fourth-order valence-corrected chi connectivity index (χ4v) is 2.62. The number of rotatable bonds is 2. The average Bonchev–Trinajstić information content (AvgIpc) is 2.97. The van der Waals surface area contributed by atoms with Gasteiger partial charge in [-0.1, -0.05) is 29.0 Å². The van der Waals surface area contributed by atoms with E-state index >= 15 is 0 Å². The molecule has 0 unspecified atom stereocenters. The smallest absolute Gasteiger partial charge is 0.445 e. The first kappa shape index (κ1) is 16.4. The number of alkyl halides is 3. The molecule has 3 rings (SSSR count). The number of para-hydroxylation sites is 1. The molecule has 0 atom stereocenters. The molecule has 24 heavy (non-hydrogen) atoms. The molecule has 0 aliphatic heterocycles. The van der Waals surface area contributed by atoms with Gasteiger partial charge in [0.15, 0.2) is 16.8 Å². The fraction of sp³-hybridized carbons (Fsp3) is 0.0769. The minimum atomic E-state index is -4.66. The van der Waals surface area contributed by atoms with Crippen molar-refractivity contribution < 1.29 is 22.4 Å². The van der Waals surface area contributed by atoms with Crippen LogP contribution in [-0.4, -0.2) is 16.1 Å². The predicted molar refractivity (Wildman–Crippen MR) is 80.4 cm³/mol. The lowest BCUT2D eigenvalue weighted by Crippen LogP contribution is -2.15. The van der Waals surface area contributed by atoms with Gasteiger partial charge in [0.25, 0.3) is 5.91 Å². The highest BCUT2D eigenvalue weighted by Crippen LogP contribution is 2.33. The average molecular weight is 376 g/mol. The molecule has 1 aromatic carbocycles. The van der Waals surface area contributed by atoms with Gasteiger partial charge >= 0.3 is 6.18 Å². The van der Waals surface area contributed by atoms with Crippen molar-refractivity contribution in [2.45, 2.75) is 6.18 Å². The van der Waals surface area contributed by atoms with Gasteiger partial charge in [-0.05, 0) is 12.1 Å². The minimum absolute atomic E-state index is 0.00469. The van der Waals surface area contributed by atoms with Crippen LogP contribution in [0.25, 0.3) is 11.0 Å². The van der Waals surface area contributed by atoms with Crippen molar-refractivity contribution in [1.82, 2.24) is 10.2 Å². The van der Waals surface area contributed by atoms with Crippen LogP contribution in [0.4, 0.5) is 18.3 Å². The van der Waals surface area contributed by atoms with Crippen LogP contribution in [0.5, 0.6) is 0 Å². The number of fused-ring (bicyclic) bond motifs is 1. The first-order chi connectivity index (χ1) is 11.3. The predicted octanol–water partition coefficient (Wildman–Crippen LogP) is 3.57. The molecule has 1 N–H and O–H groups in total. The van der Waals surface area contributed by atoms with Crippen LogP contribution < -0.4 is 10.7 Å². The third kappa shape index (κ3) is 3.10. The largest absolute Gasteiger partial charge is 0.449 e. The number of aromatic nitrogens is 2. The molecule has 2 heterocycles. The molecule has 0 spiro atoms. The van der Waals surface area contributed by atoms with Crippen LogP contribution in [0.3, 0.4) is 0 Å². The van der Waals surface area contributed by atoms with E-state index in [1.807, 2.05) is 0 Å². The summed E-state index contributed by atoms with van der Waals surface area (Å²) in [6.07, 6.45) is -4.66. The van der Waals surface area contributed by atoms with Gasteiger partial charge < -0.3 is 4.42 Å². The second-order valence-corrected chi connectivity index (χ2v) is 5.84. The van der Waals surface area contributed by atoms with Crippen LogP contribution in [0.1, 0.15) is 15.6 Å². The molecular weight excluding hydrogens is 371 g/mol. The molecule has 124 valence electrons. The second kappa shape index (κ2) is 5.87. The van der Waals surface area contributed by atoms with Crippen molar-refractivity contribution in [3.8, 4) is 0 Å². The van der Waals surface area contributed by atoms with Gasteiger partial charge in [0, 0.05) is 6.07 Å². The van der Waals surface area contributed by atoms with E-state index in [0.29, 0.717) is 0 Å². The first-order valence-electron chi connectivity index (χ1n) is 6.20. The van der Waals surface area contributed by atoms with E-state index in [4.69, 9.17) is 16.0 Å². The molecule has 0 fully saturated rings. The third-order valence-electron chi connectivity index (χ3n) is 2.82. The molecule has 3 aromatic rings. The summed E-state index contributed by atoms with van der Waals surface area (Å²) in [5.41, 5.74) is -0.512. The number of hydrogen-bond acceptors (Lipinski definition) is 6. The summed E-state index contributed by atoms with van der Waals surface area (Å²) in [5.74, 6) is -1.36. The fourth-order valence-electron chi connectivity index (χ4n) is 1.80.